The number of nitrogens with one attached hydrogen (secondary N) is 1. The first-order valence-electron chi connectivity index (χ1n) is 13.7. The molecule has 1 atom stereocenters. The summed E-state index contributed by atoms with van der Waals surface area (Å²) < 4.78 is 28.2. The van der Waals surface area contributed by atoms with Crippen LogP contribution in [0.1, 0.15) is 31.9 Å². The summed E-state index contributed by atoms with van der Waals surface area (Å²) in [4.78, 5) is 29.3. The molecule has 0 aliphatic heterocycles. The predicted molar refractivity (Wildman–Crippen MR) is 168 cm³/mol. The summed E-state index contributed by atoms with van der Waals surface area (Å²) in [5.41, 5.74) is 0.955. The average molecular weight is 606 g/mol. The van der Waals surface area contributed by atoms with E-state index in [1.807, 2.05) is 81.4 Å². The molecule has 9 heteroatoms. The second-order valence-corrected chi connectivity index (χ2v) is 13.8. The molecule has 42 heavy (non-hydrogen) atoms. The molecule has 4 rings (SSSR count). The number of halogens is 1. The molecule has 0 aliphatic rings. The first-order valence-corrected chi connectivity index (χ1v) is 15.5. The molecule has 2 amide bonds. The number of sulfonamides is 1. The molecule has 0 saturated heterocycles. The first kappa shape index (κ1) is 31.2. The Bertz CT molecular complexity index is 1670. The number of carbonyl (C=O) groups is 2. The molecule has 0 unspecified atom stereocenters. The van der Waals surface area contributed by atoms with Gasteiger partial charge >= 0.3 is 0 Å². The van der Waals surface area contributed by atoms with Gasteiger partial charge in [-0.25, -0.2) is 8.42 Å². The van der Waals surface area contributed by atoms with Crippen molar-refractivity contribution in [1.29, 1.82) is 0 Å². The summed E-state index contributed by atoms with van der Waals surface area (Å²) in [5.74, 6) is -0.862. The van der Waals surface area contributed by atoms with Gasteiger partial charge in [0.2, 0.25) is 21.8 Å². The Labute approximate surface area is 253 Å². The average Bonchev–Trinajstić information content (AvgIpc) is 2.95. The molecule has 7 nitrogen and oxygen atoms in total. The van der Waals surface area contributed by atoms with Gasteiger partial charge in [0, 0.05) is 30.6 Å². The van der Waals surface area contributed by atoms with Crippen LogP contribution in [0.5, 0.6) is 0 Å². The minimum absolute atomic E-state index is 0.0252. The minimum atomic E-state index is -4.01. The lowest BCUT2D eigenvalue weighted by atomic mass is 10.0. The van der Waals surface area contributed by atoms with E-state index in [-0.39, 0.29) is 23.8 Å². The van der Waals surface area contributed by atoms with Crippen molar-refractivity contribution in [3.05, 3.63) is 113 Å². The maximum Gasteiger partial charge on any atom is 0.243 e. The van der Waals surface area contributed by atoms with Crippen LogP contribution in [0.2, 0.25) is 5.02 Å². The lowest BCUT2D eigenvalue weighted by Crippen LogP contribution is -2.56. The molecule has 0 saturated carbocycles. The van der Waals surface area contributed by atoms with Crippen molar-refractivity contribution in [3.63, 3.8) is 0 Å². The van der Waals surface area contributed by atoms with E-state index in [9.17, 15) is 18.0 Å². The molecule has 0 radical (unpaired) electrons. The van der Waals surface area contributed by atoms with Crippen LogP contribution in [0, 0.1) is 0 Å². The largest absolute Gasteiger partial charge is 0.350 e. The molecule has 0 aromatic heterocycles. The number of likely N-dealkylation sites (N-methyl/N-ethyl adjacent to an activating group) is 1. The highest BCUT2D eigenvalue weighted by Gasteiger charge is 2.34. The quantitative estimate of drug-likeness (QED) is 0.252. The molecule has 0 heterocycles. The molecule has 220 valence electrons. The van der Waals surface area contributed by atoms with Crippen LogP contribution in [0.15, 0.2) is 102 Å². The molecule has 4 aromatic rings. The van der Waals surface area contributed by atoms with Gasteiger partial charge in [-0.05, 0) is 60.9 Å². The first-order chi connectivity index (χ1) is 19.8. The summed E-state index contributed by atoms with van der Waals surface area (Å²) in [6.07, 6.45) is 0.236. The summed E-state index contributed by atoms with van der Waals surface area (Å²) in [5, 5.41) is 5.14. The fourth-order valence-electron chi connectivity index (χ4n) is 4.69. The number of hydrogen-bond acceptors (Lipinski definition) is 4. The third-order valence-electron chi connectivity index (χ3n) is 6.85. The number of carbonyl (C=O) groups excluding carboxylic acids is 2. The highest BCUT2D eigenvalue weighted by Crippen LogP contribution is 2.24. The Morgan fingerprint density at radius 1 is 0.857 bits per heavy atom. The minimum Gasteiger partial charge on any atom is -0.350 e. The van der Waals surface area contributed by atoms with Gasteiger partial charge in [-0.1, -0.05) is 90.5 Å². The maximum absolute atomic E-state index is 14.1. The van der Waals surface area contributed by atoms with Crippen LogP contribution in [-0.4, -0.2) is 54.6 Å². The van der Waals surface area contributed by atoms with Crippen molar-refractivity contribution in [2.24, 2.45) is 0 Å². The Morgan fingerprint density at radius 2 is 1.48 bits per heavy atom. The Hall–Kier alpha value is -3.72. The fourth-order valence-corrected chi connectivity index (χ4v) is 6.04. The fraction of sp³-hybridized carbons (Fsp3) is 0.273. The zero-order valence-electron chi connectivity index (χ0n) is 24.2. The van der Waals surface area contributed by atoms with Gasteiger partial charge in [-0.15, -0.1) is 0 Å². The second kappa shape index (κ2) is 13.1. The van der Waals surface area contributed by atoms with Crippen LogP contribution in [-0.2, 0) is 32.6 Å². The number of amides is 2. The zero-order chi connectivity index (χ0) is 30.5. The summed E-state index contributed by atoms with van der Waals surface area (Å²) >= 11 is 6.49. The van der Waals surface area contributed by atoms with Crippen molar-refractivity contribution < 1.29 is 18.0 Å². The number of hydrogen-bond donors (Lipinski definition) is 1. The predicted octanol–water partition coefficient (Wildman–Crippen LogP) is 5.67. The lowest BCUT2D eigenvalue weighted by molar-refractivity contribution is -0.141. The van der Waals surface area contributed by atoms with Crippen molar-refractivity contribution in [1.82, 2.24) is 14.5 Å². The Kier molecular flexibility index (Phi) is 9.71. The van der Waals surface area contributed by atoms with Crippen molar-refractivity contribution >= 4 is 44.2 Å². The molecule has 0 fully saturated rings. The molecule has 0 bridgehead atoms. The van der Waals surface area contributed by atoms with E-state index in [4.69, 9.17) is 11.6 Å². The van der Waals surface area contributed by atoms with Gasteiger partial charge in [-0.3, -0.25) is 9.59 Å². The van der Waals surface area contributed by atoms with E-state index in [1.54, 1.807) is 30.3 Å². The number of nitrogens with zero attached hydrogens (tertiary/aromatic N) is 2. The molecule has 1 N–H and O–H groups in total. The normalized spacial score (nSPS) is 12.7. The van der Waals surface area contributed by atoms with Crippen molar-refractivity contribution in [2.75, 3.05) is 13.6 Å². The van der Waals surface area contributed by atoms with Gasteiger partial charge < -0.3 is 10.2 Å². The second-order valence-electron chi connectivity index (χ2n) is 11.3. The highest BCUT2D eigenvalue weighted by molar-refractivity contribution is 7.89. The Balaban J connectivity index is 1.69. The zero-order valence-corrected chi connectivity index (χ0v) is 25.8. The van der Waals surface area contributed by atoms with Crippen LogP contribution in [0.4, 0.5) is 0 Å². The van der Waals surface area contributed by atoms with Crippen LogP contribution < -0.4 is 5.32 Å². The molecule has 0 spiro atoms. The van der Waals surface area contributed by atoms with E-state index in [0.717, 1.165) is 20.6 Å². The molecular weight excluding hydrogens is 570 g/mol. The van der Waals surface area contributed by atoms with E-state index >= 15 is 0 Å². The number of fused-ring (bicyclic) bond motifs is 1. The van der Waals surface area contributed by atoms with E-state index in [1.165, 1.54) is 18.0 Å². The maximum atomic E-state index is 14.1. The number of benzene rings is 4. The Morgan fingerprint density at radius 3 is 2.14 bits per heavy atom. The smallest absolute Gasteiger partial charge is 0.243 e. The monoisotopic (exact) mass is 605 g/mol. The van der Waals surface area contributed by atoms with Gasteiger partial charge in [0.25, 0.3) is 0 Å². The van der Waals surface area contributed by atoms with Gasteiger partial charge in [0.15, 0.2) is 0 Å². The lowest BCUT2D eigenvalue weighted by Gasteiger charge is -2.34. The SMILES string of the molecule is CN(CC(=O)N(Cc1ccccc1Cl)[C@@H](Cc1ccccc1)C(=O)NC(C)(C)C)S(=O)(=O)c1ccc2ccccc2c1. The topological polar surface area (TPSA) is 86.8 Å². The summed E-state index contributed by atoms with van der Waals surface area (Å²) in [6, 6.07) is 28.0. The van der Waals surface area contributed by atoms with Gasteiger partial charge in [0.1, 0.15) is 6.04 Å². The summed E-state index contributed by atoms with van der Waals surface area (Å²) in [6.45, 7) is 5.17. The van der Waals surface area contributed by atoms with Gasteiger partial charge in [-0.2, -0.15) is 4.31 Å². The standard InChI is InChI=1S/C33H36ClN3O4S/c1-33(2,3)35-32(39)30(20-24-12-6-5-7-13-24)37(22-27-16-10-11-17-29(27)34)31(38)23-36(4)42(40,41)28-19-18-25-14-8-9-15-26(25)21-28/h5-19,21,30H,20,22-23H2,1-4H3,(H,35,39)/t30-/m0/s1. The van der Waals surface area contributed by atoms with E-state index in [2.05, 4.69) is 5.32 Å². The summed E-state index contributed by atoms with van der Waals surface area (Å²) in [7, 11) is -2.64. The van der Waals surface area contributed by atoms with Crippen LogP contribution >= 0.6 is 11.6 Å². The van der Waals surface area contributed by atoms with Crippen molar-refractivity contribution in [2.45, 2.75) is 50.2 Å². The van der Waals surface area contributed by atoms with Crippen LogP contribution in [0.3, 0.4) is 0 Å². The van der Waals surface area contributed by atoms with Crippen molar-refractivity contribution in [3.8, 4) is 0 Å². The molecular formula is C33H36ClN3O4S. The van der Waals surface area contributed by atoms with E-state index < -0.39 is 34.1 Å². The highest BCUT2D eigenvalue weighted by atomic mass is 35.5. The van der Waals surface area contributed by atoms with Crippen LogP contribution in [0.25, 0.3) is 10.8 Å². The van der Waals surface area contributed by atoms with Gasteiger partial charge in [0.05, 0.1) is 11.4 Å². The third-order valence-corrected chi connectivity index (χ3v) is 9.02. The molecule has 0 aliphatic carbocycles. The third kappa shape index (κ3) is 7.76. The van der Waals surface area contributed by atoms with E-state index in [0.29, 0.717) is 10.6 Å². The molecule has 4 aromatic carbocycles. The number of rotatable bonds is 10.